The first-order valence-corrected chi connectivity index (χ1v) is 12.8. The van der Waals surface area contributed by atoms with Crippen molar-refractivity contribution < 1.29 is 18.3 Å². The van der Waals surface area contributed by atoms with Crippen LogP contribution in [-0.2, 0) is 4.79 Å². The van der Waals surface area contributed by atoms with Crippen molar-refractivity contribution in [3.8, 4) is 11.8 Å². The van der Waals surface area contributed by atoms with Crippen LogP contribution in [0.15, 0.2) is 18.2 Å². The summed E-state index contributed by atoms with van der Waals surface area (Å²) in [6.07, 6.45) is 8.52. The lowest BCUT2D eigenvalue weighted by Gasteiger charge is -2.58. The van der Waals surface area contributed by atoms with Gasteiger partial charge in [-0.05, 0) is 105 Å². The van der Waals surface area contributed by atoms with Crippen LogP contribution in [0.5, 0.6) is 5.75 Å². The molecule has 4 aliphatic rings. The third-order valence-corrected chi connectivity index (χ3v) is 10.1. The van der Waals surface area contributed by atoms with E-state index in [1.807, 2.05) is 0 Å². The Hall–Kier alpha value is -1.96. The Morgan fingerprint density at radius 3 is 2.73 bits per heavy atom. The second kappa shape index (κ2) is 8.36. The van der Waals surface area contributed by atoms with Gasteiger partial charge in [0.15, 0.2) is 5.78 Å². The highest BCUT2D eigenvalue weighted by molar-refractivity contribution is 5.83. The van der Waals surface area contributed by atoms with Gasteiger partial charge in [-0.2, -0.15) is 5.26 Å². The van der Waals surface area contributed by atoms with Gasteiger partial charge in [0.1, 0.15) is 29.9 Å². The van der Waals surface area contributed by atoms with E-state index in [0.717, 1.165) is 57.8 Å². The number of benzene rings is 1. The number of hydrogen-bond donors (Lipinski definition) is 0. The van der Waals surface area contributed by atoms with Gasteiger partial charge in [0.2, 0.25) is 0 Å². The quantitative estimate of drug-likeness (QED) is 0.511. The smallest absolute Gasteiger partial charge is 0.173 e. The fraction of sp³-hybridized carbons (Fsp3) is 0.714. The van der Waals surface area contributed by atoms with Crippen molar-refractivity contribution in [2.24, 2.45) is 40.9 Å². The maximum absolute atomic E-state index is 16.4. The molecule has 1 aromatic carbocycles. The number of carbonyl (C=O) groups is 1. The van der Waals surface area contributed by atoms with E-state index in [0.29, 0.717) is 17.8 Å². The predicted molar refractivity (Wildman–Crippen MR) is 122 cm³/mol. The van der Waals surface area contributed by atoms with Crippen molar-refractivity contribution in [2.75, 3.05) is 6.61 Å². The highest BCUT2D eigenvalue weighted by Crippen LogP contribution is 2.66. The number of Topliss-reactive ketones (excluding diaryl/α,β-unsaturated/α-hetero) is 1. The maximum atomic E-state index is 16.4. The van der Waals surface area contributed by atoms with Gasteiger partial charge in [-0.25, -0.2) is 8.78 Å². The van der Waals surface area contributed by atoms with Gasteiger partial charge >= 0.3 is 0 Å². The minimum atomic E-state index is -0.998. The Bertz CT molecular complexity index is 973. The molecule has 1 aromatic rings. The van der Waals surface area contributed by atoms with Gasteiger partial charge in [0.05, 0.1) is 5.56 Å². The number of hydrogen-bond acceptors (Lipinski definition) is 3. The molecule has 0 bridgehead atoms. The van der Waals surface area contributed by atoms with E-state index in [1.165, 1.54) is 18.2 Å². The molecule has 4 fully saturated rings. The summed E-state index contributed by atoms with van der Waals surface area (Å²) in [5.41, 5.74) is -1.13. The first-order valence-electron chi connectivity index (χ1n) is 12.8. The Kier molecular flexibility index (Phi) is 5.78. The van der Waals surface area contributed by atoms with Crippen molar-refractivity contribution in [1.29, 1.82) is 5.26 Å². The first kappa shape index (κ1) is 22.8. The van der Waals surface area contributed by atoms with Gasteiger partial charge in [-0.3, -0.25) is 4.79 Å². The number of alkyl halides is 1. The molecule has 0 amide bonds. The summed E-state index contributed by atoms with van der Waals surface area (Å²) in [5.74, 6) is 1.46. The molecular weight excluding hydrogens is 420 g/mol. The molecule has 8 atom stereocenters. The molecule has 0 unspecified atom stereocenters. The van der Waals surface area contributed by atoms with Crippen LogP contribution in [0.2, 0.25) is 0 Å². The lowest BCUT2D eigenvalue weighted by atomic mass is 9.48. The van der Waals surface area contributed by atoms with Crippen LogP contribution >= 0.6 is 0 Å². The standard InChI is InChI=1S/C28H35F2NO2/c1-17-9-12-28(30)19(13-17)4-6-21-22-7-8-24(27(22,2)11-10-23(21)28)26(32)16-33-20-5-3-18(15-31)25(29)14-20/h3,5,14,17,19,21-24H,4,6-13,16H2,1-2H3/t17-,19+,21-,22-,23-,24+,27-,28+/m0/s1. The number of ether oxygens (including phenoxy) is 1. The van der Waals surface area contributed by atoms with Crippen LogP contribution in [0.1, 0.15) is 77.2 Å². The molecule has 178 valence electrons. The highest BCUT2D eigenvalue weighted by atomic mass is 19.1. The maximum Gasteiger partial charge on any atom is 0.173 e. The van der Waals surface area contributed by atoms with E-state index in [4.69, 9.17) is 10.00 Å². The van der Waals surface area contributed by atoms with Crippen molar-refractivity contribution in [3.63, 3.8) is 0 Å². The largest absolute Gasteiger partial charge is 0.486 e. The monoisotopic (exact) mass is 455 g/mol. The zero-order valence-electron chi connectivity index (χ0n) is 19.8. The molecule has 0 N–H and O–H groups in total. The van der Waals surface area contributed by atoms with Crippen molar-refractivity contribution in [2.45, 2.75) is 77.3 Å². The molecule has 4 aliphatic carbocycles. The van der Waals surface area contributed by atoms with Crippen molar-refractivity contribution in [1.82, 2.24) is 0 Å². The molecule has 5 heteroatoms. The minimum absolute atomic E-state index is 0.0376. The highest BCUT2D eigenvalue weighted by Gasteiger charge is 2.62. The molecule has 0 spiro atoms. The molecule has 0 radical (unpaired) electrons. The average Bonchev–Trinajstić information content (AvgIpc) is 3.15. The first-order chi connectivity index (χ1) is 15.8. The SMILES string of the molecule is C[C@H]1CC[C@@]2(F)[C@H](CC[C@H]3[C@@H]4CC[C@H](C(=O)COc5ccc(C#N)c(F)c5)[C@@]4(C)CC[C@@H]32)C1. The summed E-state index contributed by atoms with van der Waals surface area (Å²) >= 11 is 0. The van der Waals surface area contributed by atoms with Crippen LogP contribution in [0.25, 0.3) is 0 Å². The Labute approximate surface area is 195 Å². The second-order valence-electron chi connectivity index (χ2n) is 11.6. The summed E-state index contributed by atoms with van der Waals surface area (Å²) in [4.78, 5) is 13.2. The van der Waals surface area contributed by atoms with E-state index in [2.05, 4.69) is 13.8 Å². The summed E-state index contributed by atoms with van der Waals surface area (Å²) in [7, 11) is 0. The topological polar surface area (TPSA) is 50.1 Å². The number of carbonyl (C=O) groups excluding carboxylic acids is 1. The number of rotatable bonds is 4. The number of halogens is 2. The number of nitriles is 1. The number of fused-ring (bicyclic) bond motifs is 5. The molecule has 0 heterocycles. The van der Waals surface area contributed by atoms with Crippen molar-refractivity contribution in [3.05, 3.63) is 29.6 Å². The van der Waals surface area contributed by atoms with Gasteiger partial charge in [0.25, 0.3) is 0 Å². The van der Waals surface area contributed by atoms with Gasteiger partial charge in [-0.15, -0.1) is 0 Å². The van der Waals surface area contributed by atoms with Gasteiger partial charge < -0.3 is 4.74 Å². The third-order valence-electron chi connectivity index (χ3n) is 10.1. The zero-order chi connectivity index (χ0) is 23.4. The Balaban J connectivity index is 1.27. The van der Waals surface area contributed by atoms with E-state index >= 15 is 4.39 Å². The fourth-order valence-electron chi connectivity index (χ4n) is 8.46. The minimum Gasteiger partial charge on any atom is -0.486 e. The van der Waals surface area contributed by atoms with Crippen LogP contribution in [0.4, 0.5) is 8.78 Å². The van der Waals surface area contributed by atoms with E-state index in [-0.39, 0.29) is 46.9 Å². The molecular formula is C28H35F2NO2. The van der Waals surface area contributed by atoms with Crippen LogP contribution in [-0.4, -0.2) is 18.1 Å². The molecule has 5 rings (SSSR count). The number of nitrogens with zero attached hydrogens (tertiary/aromatic N) is 1. The molecule has 0 aliphatic heterocycles. The second-order valence-corrected chi connectivity index (χ2v) is 11.6. The van der Waals surface area contributed by atoms with Crippen molar-refractivity contribution >= 4 is 5.78 Å². The van der Waals surface area contributed by atoms with E-state index in [9.17, 15) is 9.18 Å². The molecule has 4 saturated carbocycles. The molecule has 3 nitrogen and oxygen atoms in total. The van der Waals surface area contributed by atoms with Gasteiger partial charge in [-0.1, -0.05) is 13.8 Å². The third kappa shape index (κ3) is 3.69. The molecule has 33 heavy (non-hydrogen) atoms. The summed E-state index contributed by atoms with van der Waals surface area (Å²) < 4.78 is 35.9. The summed E-state index contributed by atoms with van der Waals surface area (Å²) in [5, 5.41) is 8.88. The van der Waals surface area contributed by atoms with Crippen LogP contribution in [0.3, 0.4) is 0 Å². The van der Waals surface area contributed by atoms with E-state index in [1.54, 1.807) is 6.07 Å². The van der Waals surface area contributed by atoms with Crippen LogP contribution in [0, 0.1) is 58.1 Å². The van der Waals surface area contributed by atoms with Gasteiger partial charge in [0, 0.05) is 12.0 Å². The molecule has 0 aromatic heterocycles. The zero-order valence-corrected chi connectivity index (χ0v) is 19.8. The van der Waals surface area contributed by atoms with E-state index < -0.39 is 11.5 Å². The van der Waals surface area contributed by atoms with Crippen LogP contribution < -0.4 is 4.74 Å². The Morgan fingerprint density at radius 1 is 1.15 bits per heavy atom. The Morgan fingerprint density at radius 2 is 1.97 bits per heavy atom. The summed E-state index contributed by atoms with van der Waals surface area (Å²) in [6, 6.07) is 5.86. The lowest BCUT2D eigenvalue weighted by Crippen LogP contribution is -2.56. The predicted octanol–water partition coefficient (Wildman–Crippen LogP) is 6.64. The lowest BCUT2D eigenvalue weighted by molar-refractivity contribution is -0.146. The normalized spacial score (nSPS) is 41.9. The molecule has 0 saturated heterocycles. The number of ketones is 1. The summed E-state index contributed by atoms with van der Waals surface area (Å²) in [6.45, 7) is 4.44. The average molecular weight is 456 g/mol. The fourth-order valence-corrected chi connectivity index (χ4v) is 8.46.